The van der Waals surface area contributed by atoms with E-state index in [1.807, 2.05) is 30.3 Å². The number of aliphatic hydroxyl groups excluding tert-OH is 1. The molecule has 0 bridgehead atoms. The fraction of sp³-hybridized carbons (Fsp3) is 0.321. The molecule has 9 heteroatoms. The lowest BCUT2D eigenvalue weighted by Gasteiger charge is -2.35. The summed E-state index contributed by atoms with van der Waals surface area (Å²) in [4.78, 5) is 12.3. The molecule has 0 saturated carbocycles. The minimum Gasteiger partial charge on any atom is -0.488 e. The second-order valence-corrected chi connectivity index (χ2v) is 9.42. The number of amides is 1. The van der Waals surface area contributed by atoms with Crippen molar-refractivity contribution in [1.29, 1.82) is 0 Å². The lowest BCUT2D eigenvalue weighted by molar-refractivity contribution is 0.0576. The molecule has 0 fully saturated rings. The Morgan fingerprint density at radius 1 is 1.22 bits per heavy atom. The second-order valence-electron chi connectivity index (χ2n) is 9.04. The van der Waals surface area contributed by atoms with Gasteiger partial charge in [-0.1, -0.05) is 61.7 Å². The highest BCUT2D eigenvalue weighted by Crippen LogP contribution is 2.51. The molecule has 0 radical (unpaired) electrons. The molecule has 3 aromatic rings. The number of carbonyl (C=O) groups is 1. The van der Waals surface area contributed by atoms with Gasteiger partial charge in [-0.25, -0.2) is 8.78 Å². The zero-order valence-corrected chi connectivity index (χ0v) is 21.2. The Kier molecular flexibility index (Phi) is 8.02. The van der Waals surface area contributed by atoms with Crippen LogP contribution in [0.5, 0.6) is 11.5 Å². The number of hydrogen-bond donors (Lipinski definition) is 3. The maximum absolute atomic E-state index is 15.9. The van der Waals surface area contributed by atoms with Crippen molar-refractivity contribution in [2.24, 2.45) is 11.5 Å². The van der Waals surface area contributed by atoms with Crippen LogP contribution in [0.4, 0.5) is 8.78 Å². The number of halogens is 3. The monoisotopic (exact) mass is 530 g/mol. The molecule has 37 heavy (non-hydrogen) atoms. The number of primary amides is 1. The number of rotatable bonds is 10. The van der Waals surface area contributed by atoms with Crippen LogP contribution in [0.15, 0.2) is 48.5 Å². The van der Waals surface area contributed by atoms with Crippen molar-refractivity contribution in [3.05, 3.63) is 81.9 Å². The molecule has 0 aromatic heterocycles. The van der Waals surface area contributed by atoms with Crippen molar-refractivity contribution in [2.45, 2.75) is 44.2 Å². The quantitative estimate of drug-likeness (QED) is 0.338. The maximum atomic E-state index is 15.9. The van der Waals surface area contributed by atoms with Gasteiger partial charge >= 0.3 is 0 Å². The molecule has 0 aliphatic carbocycles. The van der Waals surface area contributed by atoms with Gasteiger partial charge in [-0.05, 0) is 24.1 Å². The Morgan fingerprint density at radius 2 is 1.95 bits per heavy atom. The number of unbranched alkanes of at least 4 members (excludes halogenated alkanes) is 1. The summed E-state index contributed by atoms with van der Waals surface area (Å²) in [5.74, 6) is -2.81. The standard InChI is InChI=1S/C28H29ClF2N2O4/c1-2-3-9-22(32)28(16-7-5-4-6-8-16)15-18-21(37-28)14-19(30)25(29)23(18)24-17(27(33)35)10-11-20(26(24)31)36-13-12-34/h4-8,10-11,14,22,34H,2-3,9,12-13,15,32H2,1H3,(H2,33,35)/t22-,28?/m0/s1. The molecule has 1 aliphatic rings. The van der Waals surface area contributed by atoms with E-state index in [0.717, 1.165) is 24.5 Å². The maximum Gasteiger partial charge on any atom is 0.249 e. The molecule has 0 spiro atoms. The average Bonchev–Trinajstić information content (AvgIpc) is 3.28. The molecule has 5 N–H and O–H groups in total. The van der Waals surface area contributed by atoms with Crippen molar-refractivity contribution in [2.75, 3.05) is 13.2 Å². The number of ether oxygens (including phenoxy) is 2. The highest BCUT2D eigenvalue weighted by Gasteiger charge is 2.48. The molecule has 4 rings (SSSR count). The molecule has 6 nitrogen and oxygen atoms in total. The largest absolute Gasteiger partial charge is 0.488 e. The number of fused-ring (bicyclic) bond motifs is 1. The van der Waals surface area contributed by atoms with Crippen molar-refractivity contribution >= 4 is 17.5 Å². The topological polar surface area (TPSA) is 108 Å². The van der Waals surface area contributed by atoms with E-state index >= 15 is 8.78 Å². The first-order valence-corrected chi connectivity index (χ1v) is 12.5. The summed E-state index contributed by atoms with van der Waals surface area (Å²) in [6.07, 6.45) is 2.56. The van der Waals surface area contributed by atoms with Gasteiger partial charge in [0.25, 0.3) is 0 Å². The molecule has 1 amide bonds. The zero-order chi connectivity index (χ0) is 26.7. The van der Waals surface area contributed by atoms with Crippen LogP contribution in [0.25, 0.3) is 11.1 Å². The Morgan fingerprint density at radius 3 is 2.59 bits per heavy atom. The van der Waals surface area contributed by atoms with Gasteiger partial charge < -0.3 is 26.0 Å². The van der Waals surface area contributed by atoms with E-state index in [0.29, 0.717) is 12.0 Å². The van der Waals surface area contributed by atoms with E-state index in [2.05, 4.69) is 6.92 Å². The summed E-state index contributed by atoms with van der Waals surface area (Å²) < 4.78 is 42.8. The van der Waals surface area contributed by atoms with Crippen LogP contribution in [0.2, 0.25) is 5.02 Å². The van der Waals surface area contributed by atoms with Crippen LogP contribution in [0.3, 0.4) is 0 Å². The fourth-order valence-electron chi connectivity index (χ4n) is 4.90. The van der Waals surface area contributed by atoms with Crippen molar-refractivity contribution in [3.8, 4) is 22.6 Å². The van der Waals surface area contributed by atoms with Crippen LogP contribution in [-0.2, 0) is 12.0 Å². The van der Waals surface area contributed by atoms with Crippen LogP contribution >= 0.6 is 11.6 Å². The Hall–Kier alpha value is -3.20. The second kappa shape index (κ2) is 11.0. The van der Waals surface area contributed by atoms with Gasteiger partial charge in [0, 0.05) is 35.2 Å². The molecule has 1 heterocycles. The van der Waals surface area contributed by atoms with Gasteiger partial charge in [-0.3, -0.25) is 4.79 Å². The fourth-order valence-corrected chi connectivity index (χ4v) is 5.16. The summed E-state index contributed by atoms with van der Waals surface area (Å²) in [5, 5.41) is 8.73. The van der Waals surface area contributed by atoms with Gasteiger partial charge in [-0.2, -0.15) is 0 Å². The predicted molar refractivity (Wildman–Crippen MR) is 138 cm³/mol. The first kappa shape index (κ1) is 26.9. The van der Waals surface area contributed by atoms with Crippen molar-refractivity contribution < 1.29 is 28.2 Å². The normalized spacial score (nSPS) is 17.2. The van der Waals surface area contributed by atoms with E-state index < -0.39 is 29.2 Å². The number of benzene rings is 3. The van der Waals surface area contributed by atoms with Crippen LogP contribution in [0.1, 0.15) is 47.7 Å². The van der Waals surface area contributed by atoms with Gasteiger partial charge in [0.15, 0.2) is 17.2 Å². The molecule has 2 atom stereocenters. The summed E-state index contributed by atoms with van der Waals surface area (Å²) in [5.41, 5.74) is 11.9. The van der Waals surface area contributed by atoms with E-state index in [-0.39, 0.29) is 52.8 Å². The number of nitrogens with two attached hydrogens (primary N) is 2. The first-order chi connectivity index (χ1) is 17.7. The zero-order valence-electron chi connectivity index (χ0n) is 20.4. The number of carbonyl (C=O) groups excluding carboxylic acids is 1. The van der Waals surface area contributed by atoms with Crippen LogP contribution in [-0.4, -0.2) is 30.3 Å². The summed E-state index contributed by atoms with van der Waals surface area (Å²) in [6.45, 7) is 1.51. The Labute approximate surface area is 219 Å². The van der Waals surface area contributed by atoms with Gasteiger partial charge in [-0.15, -0.1) is 0 Å². The van der Waals surface area contributed by atoms with E-state index in [4.69, 9.17) is 37.6 Å². The molecule has 3 aromatic carbocycles. The summed E-state index contributed by atoms with van der Waals surface area (Å²) in [6, 6.07) is 12.5. The highest BCUT2D eigenvalue weighted by atomic mass is 35.5. The van der Waals surface area contributed by atoms with Crippen molar-refractivity contribution in [1.82, 2.24) is 0 Å². The van der Waals surface area contributed by atoms with E-state index in [1.165, 1.54) is 12.1 Å². The third kappa shape index (κ3) is 4.89. The first-order valence-electron chi connectivity index (χ1n) is 12.1. The average molecular weight is 531 g/mol. The molecular formula is C28H29ClF2N2O4. The van der Waals surface area contributed by atoms with Crippen LogP contribution < -0.4 is 20.9 Å². The smallest absolute Gasteiger partial charge is 0.249 e. The summed E-state index contributed by atoms with van der Waals surface area (Å²) >= 11 is 6.46. The van der Waals surface area contributed by atoms with Crippen LogP contribution in [0, 0.1) is 11.6 Å². The lowest BCUT2D eigenvalue weighted by atomic mass is 9.79. The van der Waals surface area contributed by atoms with Gasteiger partial charge in [0.2, 0.25) is 5.91 Å². The van der Waals surface area contributed by atoms with Gasteiger partial charge in [0.1, 0.15) is 18.2 Å². The Bertz CT molecular complexity index is 1310. The highest BCUT2D eigenvalue weighted by molar-refractivity contribution is 6.34. The minimum atomic E-state index is -1.07. The van der Waals surface area contributed by atoms with Gasteiger partial charge in [0.05, 0.1) is 17.2 Å². The predicted octanol–water partition coefficient (Wildman–Crippen LogP) is 5.10. The molecular weight excluding hydrogens is 502 g/mol. The Balaban J connectivity index is 1.96. The van der Waals surface area contributed by atoms with E-state index in [9.17, 15) is 4.79 Å². The molecule has 1 aliphatic heterocycles. The summed E-state index contributed by atoms with van der Waals surface area (Å²) in [7, 11) is 0. The molecule has 0 saturated heterocycles. The molecule has 196 valence electrons. The molecule has 1 unspecified atom stereocenters. The number of hydrogen-bond acceptors (Lipinski definition) is 5. The SMILES string of the molecule is CCCC[C@H](N)C1(c2ccccc2)Cc2c(cc(F)c(Cl)c2-c2c(C(N)=O)ccc(OCCO)c2F)O1. The van der Waals surface area contributed by atoms with E-state index in [1.54, 1.807) is 0 Å². The number of aliphatic hydroxyl groups is 1. The third-order valence-corrected chi connectivity index (χ3v) is 7.09. The lowest BCUT2D eigenvalue weighted by Crippen LogP contribution is -2.49. The van der Waals surface area contributed by atoms with Crippen molar-refractivity contribution in [3.63, 3.8) is 0 Å². The third-order valence-electron chi connectivity index (χ3n) is 6.72. The minimum absolute atomic E-state index is 0.0436.